The first-order valence-corrected chi connectivity index (χ1v) is 10.5. The molecule has 3 N–H and O–H groups in total. The number of hydrazine groups is 1. The van der Waals surface area contributed by atoms with Crippen LogP contribution in [-0.4, -0.2) is 63.0 Å². The molecule has 0 aromatic rings. The lowest BCUT2D eigenvalue weighted by atomic mass is 10.00. The largest absolute Gasteiger partial charge is 0.460 e. The first-order valence-electron chi connectivity index (χ1n) is 9.38. The number of rotatable bonds is 6. The Balaban J connectivity index is 1.84. The molecule has 0 bridgehead atoms. The van der Waals surface area contributed by atoms with Crippen LogP contribution in [0.1, 0.15) is 45.4 Å². The summed E-state index contributed by atoms with van der Waals surface area (Å²) >= 11 is 16.7. The van der Waals surface area contributed by atoms with Crippen molar-refractivity contribution < 1.29 is 24.2 Å². The van der Waals surface area contributed by atoms with Crippen LogP contribution in [0.3, 0.4) is 0 Å². The third-order valence-corrected chi connectivity index (χ3v) is 5.29. The van der Waals surface area contributed by atoms with Crippen molar-refractivity contribution in [3.63, 3.8) is 0 Å². The van der Waals surface area contributed by atoms with Gasteiger partial charge < -0.3 is 15.2 Å². The predicted molar refractivity (Wildman–Crippen MR) is 105 cm³/mol. The van der Waals surface area contributed by atoms with Crippen LogP contribution >= 0.6 is 34.8 Å². The van der Waals surface area contributed by atoms with Crippen molar-refractivity contribution in [3.05, 3.63) is 0 Å². The minimum absolute atomic E-state index is 0.0625. The number of carbonyl (C=O) groups is 3. The van der Waals surface area contributed by atoms with Gasteiger partial charge in [0.2, 0.25) is 9.70 Å². The van der Waals surface area contributed by atoms with Gasteiger partial charge >= 0.3 is 5.97 Å². The van der Waals surface area contributed by atoms with Crippen molar-refractivity contribution in [2.45, 2.75) is 67.4 Å². The highest BCUT2D eigenvalue weighted by molar-refractivity contribution is 6.67. The van der Waals surface area contributed by atoms with Gasteiger partial charge in [-0.3, -0.25) is 19.4 Å². The van der Waals surface area contributed by atoms with Crippen molar-refractivity contribution in [3.8, 4) is 0 Å². The fourth-order valence-electron chi connectivity index (χ4n) is 3.45. The molecule has 0 spiro atoms. The standard InChI is InChI=1S/C17H26Cl3N3O5/c1-10(21-14(25)13(24)11-5-2-3-6-11)15(26)23-8-4-7-12(22-23)16(27)28-9-17(18,19)20/h10-13,22,24H,2-9H2,1H3,(H,21,25). The zero-order valence-corrected chi connectivity index (χ0v) is 17.9. The molecule has 0 radical (unpaired) electrons. The lowest BCUT2D eigenvalue weighted by molar-refractivity contribution is -0.153. The van der Waals surface area contributed by atoms with Gasteiger partial charge in [0.05, 0.1) is 0 Å². The summed E-state index contributed by atoms with van der Waals surface area (Å²) in [5, 5.41) is 14.0. The Morgan fingerprint density at radius 1 is 1.21 bits per heavy atom. The molecule has 160 valence electrons. The predicted octanol–water partition coefficient (Wildman–Crippen LogP) is 1.45. The number of aliphatic hydroxyl groups is 1. The second-order valence-corrected chi connectivity index (χ2v) is 9.77. The first-order chi connectivity index (χ1) is 13.1. The highest BCUT2D eigenvalue weighted by Crippen LogP contribution is 2.28. The molecule has 2 rings (SSSR count). The van der Waals surface area contributed by atoms with E-state index in [0.29, 0.717) is 19.4 Å². The smallest absolute Gasteiger partial charge is 0.325 e. The lowest BCUT2D eigenvalue weighted by Crippen LogP contribution is -2.60. The summed E-state index contributed by atoms with van der Waals surface area (Å²) in [6.07, 6.45) is 3.53. The zero-order valence-electron chi connectivity index (χ0n) is 15.6. The summed E-state index contributed by atoms with van der Waals surface area (Å²) in [5.41, 5.74) is 2.79. The van der Waals surface area contributed by atoms with Crippen molar-refractivity contribution in [2.24, 2.45) is 5.92 Å². The molecule has 2 amide bonds. The summed E-state index contributed by atoms with van der Waals surface area (Å²) in [5.74, 6) is -1.65. The molecule has 3 atom stereocenters. The van der Waals surface area contributed by atoms with E-state index in [2.05, 4.69) is 10.7 Å². The van der Waals surface area contributed by atoms with E-state index in [0.717, 1.165) is 25.7 Å². The van der Waals surface area contributed by atoms with Gasteiger partial charge in [0.15, 0.2) is 0 Å². The number of halogens is 3. The summed E-state index contributed by atoms with van der Waals surface area (Å²) in [6.45, 7) is 1.51. The van der Waals surface area contributed by atoms with E-state index >= 15 is 0 Å². The van der Waals surface area contributed by atoms with Crippen LogP contribution in [0, 0.1) is 5.92 Å². The van der Waals surface area contributed by atoms with E-state index < -0.39 is 46.4 Å². The second kappa shape index (κ2) is 10.3. The molecule has 3 unspecified atom stereocenters. The van der Waals surface area contributed by atoms with E-state index in [-0.39, 0.29) is 5.92 Å². The fraction of sp³-hybridized carbons (Fsp3) is 0.824. The van der Waals surface area contributed by atoms with Gasteiger partial charge in [-0.25, -0.2) is 5.43 Å². The van der Waals surface area contributed by atoms with Crippen LogP contribution in [0.5, 0.6) is 0 Å². The molecular formula is C17H26Cl3N3O5. The third-order valence-electron chi connectivity index (χ3n) is 4.96. The number of esters is 1. The number of hydrogen-bond acceptors (Lipinski definition) is 6. The zero-order chi connectivity index (χ0) is 20.9. The summed E-state index contributed by atoms with van der Waals surface area (Å²) in [4.78, 5) is 36.9. The Bertz CT molecular complexity index is 581. The van der Waals surface area contributed by atoms with Crippen LogP contribution in [-0.2, 0) is 19.1 Å². The van der Waals surface area contributed by atoms with Crippen LogP contribution in [0.15, 0.2) is 0 Å². The quantitative estimate of drug-likeness (QED) is 0.411. The van der Waals surface area contributed by atoms with E-state index in [9.17, 15) is 19.5 Å². The van der Waals surface area contributed by atoms with Gasteiger partial charge in [-0.15, -0.1) is 0 Å². The summed E-state index contributed by atoms with van der Waals surface area (Å²) in [7, 11) is 0. The molecule has 0 aromatic carbocycles. The topological polar surface area (TPSA) is 108 Å². The Kier molecular flexibility index (Phi) is 8.63. The molecule has 1 aliphatic heterocycles. The minimum Gasteiger partial charge on any atom is -0.460 e. The molecule has 1 saturated heterocycles. The van der Waals surface area contributed by atoms with Gasteiger partial charge in [-0.2, -0.15) is 0 Å². The van der Waals surface area contributed by atoms with E-state index in [4.69, 9.17) is 39.5 Å². The molecular weight excluding hydrogens is 433 g/mol. The molecule has 1 heterocycles. The van der Waals surface area contributed by atoms with E-state index in [1.807, 2.05) is 0 Å². The average molecular weight is 459 g/mol. The maximum absolute atomic E-state index is 12.6. The Labute approximate surface area is 179 Å². The third kappa shape index (κ3) is 6.91. The summed E-state index contributed by atoms with van der Waals surface area (Å²) < 4.78 is 3.24. The summed E-state index contributed by atoms with van der Waals surface area (Å²) in [6, 6.07) is -1.61. The number of hydrogen-bond donors (Lipinski definition) is 3. The normalized spacial score (nSPS) is 23.2. The number of aliphatic hydroxyl groups excluding tert-OH is 1. The molecule has 1 saturated carbocycles. The molecule has 0 aromatic heterocycles. The molecule has 1 aliphatic carbocycles. The van der Waals surface area contributed by atoms with Crippen molar-refractivity contribution >= 4 is 52.6 Å². The molecule has 11 heteroatoms. The monoisotopic (exact) mass is 457 g/mol. The number of alkyl halides is 3. The SMILES string of the molecule is CC(NC(=O)C(O)C1CCCC1)C(=O)N1CCCC(C(=O)OCC(Cl)(Cl)Cl)N1. The van der Waals surface area contributed by atoms with Crippen molar-refractivity contribution in [2.75, 3.05) is 13.2 Å². The van der Waals surface area contributed by atoms with Crippen LogP contribution in [0.4, 0.5) is 0 Å². The number of ether oxygens (including phenoxy) is 1. The Morgan fingerprint density at radius 3 is 2.46 bits per heavy atom. The number of nitrogens with one attached hydrogen (secondary N) is 2. The molecule has 2 fully saturated rings. The highest BCUT2D eigenvalue weighted by atomic mass is 35.6. The fourth-order valence-corrected chi connectivity index (χ4v) is 3.61. The van der Waals surface area contributed by atoms with E-state index in [1.54, 1.807) is 0 Å². The van der Waals surface area contributed by atoms with Gasteiger partial charge in [0, 0.05) is 6.54 Å². The van der Waals surface area contributed by atoms with Crippen LogP contribution in [0.2, 0.25) is 0 Å². The lowest BCUT2D eigenvalue weighted by Gasteiger charge is -2.34. The number of nitrogens with zero attached hydrogens (tertiary/aromatic N) is 1. The maximum Gasteiger partial charge on any atom is 0.325 e. The van der Waals surface area contributed by atoms with Crippen LogP contribution in [0.25, 0.3) is 0 Å². The van der Waals surface area contributed by atoms with Crippen molar-refractivity contribution in [1.29, 1.82) is 0 Å². The maximum atomic E-state index is 12.6. The molecule has 2 aliphatic rings. The molecule has 28 heavy (non-hydrogen) atoms. The van der Waals surface area contributed by atoms with E-state index in [1.165, 1.54) is 11.9 Å². The van der Waals surface area contributed by atoms with Crippen molar-refractivity contribution in [1.82, 2.24) is 15.8 Å². The first kappa shape index (κ1) is 23.5. The minimum atomic E-state index is -1.71. The number of amides is 2. The molecule has 8 nitrogen and oxygen atoms in total. The van der Waals surface area contributed by atoms with Gasteiger partial charge in [-0.1, -0.05) is 47.6 Å². The highest BCUT2D eigenvalue weighted by Gasteiger charge is 2.34. The van der Waals surface area contributed by atoms with Crippen LogP contribution < -0.4 is 10.7 Å². The number of carbonyl (C=O) groups excluding carboxylic acids is 3. The Morgan fingerprint density at radius 2 is 1.86 bits per heavy atom. The van der Waals surface area contributed by atoms with Gasteiger partial charge in [0.1, 0.15) is 24.8 Å². The average Bonchev–Trinajstić information content (AvgIpc) is 3.18. The second-order valence-electron chi connectivity index (χ2n) is 7.26. The Hall–Kier alpha value is -0.800. The van der Waals surface area contributed by atoms with Gasteiger partial charge in [-0.05, 0) is 38.5 Å². The van der Waals surface area contributed by atoms with Gasteiger partial charge in [0.25, 0.3) is 5.91 Å².